The minimum Gasteiger partial charge on any atom is -0.378 e. The van der Waals surface area contributed by atoms with E-state index in [1.54, 1.807) is 13.8 Å². The molecule has 6 nitrogen and oxygen atoms in total. The van der Waals surface area contributed by atoms with E-state index < -0.39 is 5.41 Å². The van der Waals surface area contributed by atoms with Crippen molar-refractivity contribution in [1.29, 1.82) is 0 Å². The van der Waals surface area contributed by atoms with Gasteiger partial charge in [-0.05, 0) is 56.2 Å². The number of aromatic amines is 1. The van der Waals surface area contributed by atoms with Crippen LogP contribution in [0, 0.1) is 5.41 Å². The number of benzene rings is 2. The molecule has 3 rings (SSSR count). The molecule has 0 radical (unpaired) electrons. The van der Waals surface area contributed by atoms with Crippen molar-refractivity contribution in [1.82, 2.24) is 10.3 Å². The van der Waals surface area contributed by atoms with Crippen LogP contribution in [0.15, 0.2) is 54.7 Å². The van der Waals surface area contributed by atoms with Gasteiger partial charge in [0.25, 0.3) is 0 Å². The summed E-state index contributed by atoms with van der Waals surface area (Å²) in [6, 6.07) is 15.6. The normalized spacial score (nSPS) is 11.3. The van der Waals surface area contributed by atoms with Crippen LogP contribution in [0.3, 0.4) is 0 Å². The average Bonchev–Trinajstić information content (AvgIpc) is 3.11. The first-order chi connectivity index (χ1) is 13.8. The van der Waals surface area contributed by atoms with E-state index in [0.29, 0.717) is 18.7 Å². The smallest absolute Gasteiger partial charge is 0.239 e. The highest BCUT2D eigenvalue weighted by Gasteiger charge is 2.35. The second kappa shape index (κ2) is 8.39. The Morgan fingerprint density at radius 2 is 1.69 bits per heavy atom. The largest absolute Gasteiger partial charge is 0.378 e. The maximum Gasteiger partial charge on any atom is 0.239 e. The predicted molar refractivity (Wildman–Crippen MR) is 118 cm³/mol. The number of hydrogen-bond acceptors (Lipinski definition) is 3. The van der Waals surface area contributed by atoms with Gasteiger partial charge in [-0.15, -0.1) is 0 Å². The topological polar surface area (TPSA) is 77.2 Å². The average molecular weight is 393 g/mol. The van der Waals surface area contributed by atoms with Crippen molar-refractivity contribution >= 4 is 34.1 Å². The minimum atomic E-state index is -1.18. The molecule has 0 aliphatic carbocycles. The van der Waals surface area contributed by atoms with Crippen LogP contribution in [-0.2, 0) is 16.0 Å². The summed E-state index contributed by atoms with van der Waals surface area (Å²) in [6.45, 7) is 3.74. The number of nitrogens with zero attached hydrogens (tertiary/aromatic N) is 1. The van der Waals surface area contributed by atoms with Crippen LogP contribution < -0.4 is 15.5 Å². The van der Waals surface area contributed by atoms with Crippen LogP contribution in [0.25, 0.3) is 10.9 Å². The fourth-order valence-corrected chi connectivity index (χ4v) is 3.10. The summed E-state index contributed by atoms with van der Waals surface area (Å²) in [4.78, 5) is 30.5. The van der Waals surface area contributed by atoms with Crippen LogP contribution in [0.1, 0.15) is 19.4 Å². The Labute approximate surface area is 171 Å². The summed E-state index contributed by atoms with van der Waals surface area (Å²) in [6.07, 6.45) is 2.66. The lowest BCUT2D eigenvalue weighted by Gasteiger charge is -2.23. The fourth-order valence-electron chi connectivity index (χ4n) is 3.10. The van der Waals surface area contributed by atoms with Gasteiger partial charge in [0.15, 0.2) is 0 Å². The van der Waals surface area contributed by atoms with Crippen molar-refractivity contribution in [3.63, 3.8) is 0 Å². The molecule has 2 aromatic carbocycles. The molecule has 0 aliphatic heterocycles. The molecule has 0 atom stereocenters. The highest BCUT2D eigenvalue weighted by molar-refractivity contribution is 6.09. The van der Waals surface area contributed by atoms with Gasteiger partial charge in [0.1, 0.15) is 5.41 Å². The molecule has 0 bridgehead atoms. The number of H-pyrrole nitrogens is 1. The lowest BCUT2D eigenvalue weighted by atomic mass is 9.90. The maximum atomic E-state index is 12.7. The zero-order valence-electron chi connectivity index (χ0n) is 17.4. The number of hydrogen-bond donors (Lipinski definition) is 3. The molecule has 0 aliphatic rings. The molecular formula is C23H28N4O2. The first-order valence-electron chi connectivity index (χ1n) is 9.71. The van der Waals surface area contributed by atoms with Crippen LogP contribution in [-0.4, -0.2) is 37.4 Å². The van der Waals surface area contributed by atoms with Crippen LogP contribution in [0.5, 0.6) is 0 Å². The van der Waals surface area contributed by atoms with E-state index in [4.69, 9.17) is 0 Å². The molecule has 3 N–H and O–H groups in total. The standard InChI is InChI=1S/C23H28N4O2/c1-23(2,22(29)26-17-9-11-18(12-10-17)27(3)4)21(28)24-14-13-16-15-25-20-8-6-5-7-19(16)20/h5-12,15,25H,13-14H2,1-4H3,(H,24,28)(H,26,29). The number of nitrogens with one attached hydrogen (secondary N) is 3. The zero-order chi connectivity index (χ0) is 21.0. The molecule has 0 spiro atoms. The summed E-state index contributed by atoms with van der Waals surface area (Å²) >= 11 is 0. The highest BCUT2D eigenvalue weighted by Crippen LogP contribution is 2.22. The number of para-hydroxylation sites is 1. The van der Waals surface area contributed by atoms with E-state index in [2.05, 4.69) is 21.7 Å². The molecule has 0 unspecified atom stereocenters. The van der Waals surface area contributed by atoms with E-state index in [-0.39, 0.29) is 11.8 Å². The zero-order valence-corrected chi connectivity index (χ0v) is 17.4. The highest BCUT2D eigenvalue weighted by atomic mass is 16.2. The van der Waals surface area contributed by atoms with Crippen molar-refractivity contribution in [2.45, 2.75) is 20.3 Å². The van der Waals surface area contributed by atoms with E-state index in [9.17, 15) is 9.59 Å². The van der Waals surface area contributed by atoms with E-state index >= 15 is 0 Å². The second-order valence-corrected chi connectivity index (χ2v) is 7.89. The second-order valence-electron chi connectivity index (χ2n) is 7.89. The number of anilines is 2. The van der Waals surface area contributed by atoms with Crippen molar-refractivity contribution in [2.24, 2.45) is 5.41 Å². The third-order valence-corrected chi connectivity index (χ3v) is 5.13. The summed E-state index contributed by atoms with van der Waals surface area (Å²) in [5.41, 5.74) is 2.75. The summed E-state index contributed by atoms with van der Waals surface area (Å²) in [7, 11) is 3.91. The Morgan fingerprint density at radius 3 is 2.38 bits per heavy atom. The van der Waals surface area contributed by atoms with E-state index in [1.165, 1.54) is 0 Å². The third-order valence-electron chi connectivity index (χ3n) is 5.13. The van der Waals surface area contributed by atoms with Gasteiger partial charge in [0, 0.05) is 49.1 Å². The number of amides is 2. The molecule has 3 aromatic rings. The molecule has 2 amide bonds. The van der Waals surface area contributed by atoms with Gasteiger partial charge in [-0.3, -0.25) is 9.59 Å². The van der Waals surface area contributed by atoms with Crippen LogP contribution in [0.2, 0.25) is 0 Å². The quantitative estimate of drug-likeness (QED) is 0.538. The third kappa shape index (κ3) is 4.59. The molecule has 29 heavy (non-hydrogen) atoms. The lowest BCUT2D eigenvalue weighted by Crippen LogP contribution is -2.45. The van der Waals surface area contributed by atoms with Crippen molar-refractivity contribution in [3.05, 3.63) is 60.3 Å². The first kappa shape index (κ1) is 20.5. The number of aromatic nitrogens is 1. The van der Waals surface area contributed by atoms with Crippen molar-refractivity contribution < 1.29 is 9.59 Å². The van der Waals surface area contributed by atoms with E-state index in [0.717, 1.165) is 22.2 Å². The fraction of sp³-hybridized carbons (Fsp3) is 0.304. The Morgan fingerprint density at radius 1 is 1.00 bits per heavy atom. The van der Waals surface area contributed by atoms with Gasteiger partial charge in [0.2, 0.25) is 11.8 Å². The number of rotatable bonds is 7. The molecule has 6 heteroatoms. The van der Waals surface area contributed by atoms with E-state index in [1.807, 2.05) is 67.7 Å². The minimum absolute atomic E-state index is 0.292. The number of carbonyl (C=O) groups excluding carboxylic acids is 2. The Bertz CT molecular complexity index is 1000. The summed E-state index contributed by atoms with van der Waals surface area (Å²) < 4.78 is 0. The molecule has 1 aromatic heterocycles. The van der Waals surface area contributed by atoms with Crippen molar-refractivity contribution in [3.8, 4) is 0 Å². The Kier molecular flexibility index (Phi) is 5.92. The Balaban J connectivity index is 1.56. The van der Waals surface area contributed by atoms with Gasteiger partial charge in [0.05, 0.1) is 0 Å². The maximum absolute atomic E-state index is 12.7. The molecule has 152 valence electrons. The number of carbonyl (C=O) groups is 2. The Hall–Kier alpha value is -3.28. The molecular weight excluding hydrogens is 364 g/mol. The van der Waals surface area contributed by atoms with Crippen molar-refractivity contribution in [2.75, 3.05) is 30.9 Å². The van der Waals surface area contributed by atoms with Gasteiger partial charge in [-0.1, -0.05) is 18.2 Å². The molecule has 0 saturated carbocycles. The molecule has 1 heterocycles. The summed E-state index contributed by atoms with van der Waals surface area (Å²) in [5.74, 6) is -0.626. The van der Waals surface area contributed by atoms with Crippen LogP contribution in [0.4, 0.5) is 11.4 Å². The molecule has 0 fully saturated rings. The van der Waals surface area contributed by atoms with Crippen LogP contribution >= 0.6 is 0 Å². The summed E-state index contributed by atoms with van der Waals surface area (Å²) in [5, 5.41) is 6.88. The monoisotopic (exact) mass is 392 g/mol. The lowest BCUT2D eigenvalue weighted by molar-refractivity contribution is -0.138. The first-order valence-corrected chi connectivity index (χ1v) is 9.71. The van der Waals surface area contributed by atoms with Gasteiger partial charge in [-0.25, -0.2) is 0 Å². The van der Waals surface area contributed by atoms with Gasteiger partial charge >= 0.3 is 0 Å². The molecule has 0 saturated heterocycles. The van der Waals surface area contributed by atoms with Gasteiger partial charge in [-0.2, -0.15) is 0 Å². The SMILES string of the molecule is CN(C)c1ccc(NC(=O)C(C)(C)C(=O)NCCc2c[nH]c3ccccc23)cc1. The number of fused-ring (bicyclic) bond motifs is 1. The predicted octanol–water partition coefficient (Wildman–Crippen LogP) is 3.56. The van der Waals surface area contributed by atoms with Gasteiger partial charge < -0.3 is 20.5 Å².